The minimum absolute atomic E-state index is 0. The maximum Gasteiger partial charge on any atom is 0.304 e. The summed E-state index contributed by atoms with van der Waals surface area (Å²) in [6.07, 6.45) is -3.56. The molecule has 14 nitrogen and oxygen atoms in total. The summed E-state index contributed by atoms with van der Waals surface area (Å²) in [6, 6.07) is 21.7. The summed E-state index contributed by atoms with van der Waals surface area (Å²) in [5, 5.41) is -1.40. The Labute approximate surface area is 404 Å². The van der Waals surface area contributed by atoms with Gasteiger partial charge in [0.15, 0.2) is 0 Å². The molecule has 2 fully saturated rings. The van der Waals surface area contributed by atoms with Gasteiger partial charge in [0.25, 0.3) is 0 Å². The van der Waals surface area contributed by atoms with E-state index in [4.69, 9.17) is 29.1 Å². The Balaban J connectivity index is 0.000000263. The zero-order valence-corrected chi connectivity index (χ0v) is 47.3. The molecule has 64 heavy (non-hydrogen) atoms. The number of ether oxygens (including phenoxy) is 4. The molecular formula is C41H57Bi2BrF4N6O8Si2. The Hall–Kier alpha value is -2.94. The number of nitrogens with zero attached hydrogens (tertiary/aromatic N) is 4. The van der Waals surface area contributed by atoms with Gasteiger partial charge in [0.05, 0.1) is 0 Å². The van der Waals surface area contributed by atoms with Crippen LogP contribution in [0.4, 0.5) is 38.8 Å². The van der Waals surface area contributed by atoms with E-state index in [0.29, 0.717) is 17.0 Å². The monoisotopic (exact) mass is 1390 g/mol. The van der Waals surface area contributed by atoms with Crippen molar-refractivity contribution in [1.29, 1.82) is 0 Å². The first-order chi connectivity index (χ1) is 29.4. The molecule has 0 radical (unpaired) electrons. The quantitative estimate of drug-likeness (QED) is 0.0793. The normalized spacial score (nSPS) is 22.0. The second kappa shape index (κ2) is 24.2. The van der Waals surface area contributed by atoms with Crippen LogP contribution in [0.3, 0.4) is 0 Å². The fourth-order valence-corrected chi connectivity index (χ4v) is 14.0. The molecule has 4 aromatic rings. The Morgan fingerprint density at radius 2 is 1.31 bits per heavy atom. The van der Waals surface area contributed by atoms with Crippen LogP contribution in [0.1, 0.15) is 40.3 Å². The van der Waals surface area contributed by atoms with Gasteiger partial charge >= 0.3 is 307 Å². The fourth-order valence-electron chi connectivity index (χ4n) is 5.88. The summed E-state index contributed by atoms with van der Waals surface area (Å²) in [4.78, 5) is 51.5. The van der Waals surface area contributed by atoms with Gasteiger partial charge in [-0.3, -0.25) is 0 Å². The third kappa shape index (κ3) is 16.4. The topological polar surface area (TPSA) is 179 Å². The number of benzene rings is 2. The van der Waals surface area contributed by atoms with Gasteiger partial charge < -0.3 is 9.41 Å². The van der Waals surface area contributed by atoms with Gasteiger partial charge in [-0.2, -0.15) is 4.98 Å². The van der Waals surface area contributed by atoms with Crippen molar-refractivity contribution in [2.45, 2.75) is 121 Å². The molecule has 23 heteroatoms. The van der Waals surface area contributed by atoms with Gasteiger partial charge in [-0.25, -0.2) is 4.98 Å². The Morgan fingerprint density at radius 1 is 0.812 bits per heavy atom. The first kappa shape index (κ1) is 55.4. The van der Waals surface area contributed by atoms with Crippen LogP contribution in [0.15, 0.2) is 90.0 Å². The molecule has 2 unspecified atom stereocenters. The summed E-state index contributed by atoms with van der Waals surface area (Å²) in [7, 11) is -2.99. The van der Waals surface area contributed by atoms with Gasteiger partial charge in [0, 0.05) is 6.20 Å². The van der Waals surface area contributed by atoms with E-state index in [2.05, 4.69) is 75.1 Å². The van der Waals surface area contributed by atoms with E-state index in [-0.39, 0.29) is 19.7 Å². The number of hydrogen-bond acceptors (Lipinski definition) is 13. The van der Waals surface area contributed by atoms with E-state index in [0.717, 1.165) is 18.6 Å². The van der Waals surface area contributed by atoms with Crippen LogP contribution in [0, 0.1) is 0 Å². The second-order valence-corrected chi connectivity index (χ2v) is 35.8. The van der Waals surface area contributed by atoms with Gasteiger partial charge in [-0.05, 0) is 25.7 Å². The molecule has 2 aliphatic rings. The van der Waals surface area contributed by atoms with E-state index in [1.54, 1.807) is 44.3 Å². The summed E-state index contributed by atoms with van der Waals surface area (Å²) in [5.41, 5.74) is 4.44. The van der Waals surface area contributed by atoms with Crippen molar-refractivity contribution in [2.24, 2.45) is 0 Å². The zero-order chi connectivity index (χ0) is 46.8. The standard InChI is InChI=1S/C11H12F2N3O4.C10H21N3OSi2.C7H8BrF2O3.2C6H5.CH4.2Bi.2H/c1-2-6-8(19-5-17)11(12,13)9(20-6)16-4-3-7(14)15-10(16)18;1-15(2,3)13-9-7-8-11-10(12-9)14-16(4,5)6;1-2-4-5(12-3-11)7(9,10)6(8)13-4;2*1-2-4-6-5-3-1;;;;;/h3-4,6,8-9H,2H2,1H3,(H2,14,15,18);7-8H,1-6H3,(H,11,12,13);4-6H,2H2,1H3;2*1-5H;1H4;;;;/t6-,8?,9-;;4-,5?,6+;;;;;;;/m1.1......./s1. The summed E-state index contributed by atoms with van der Waals surface area (Å²) >= 11 is -1.23. The number of hydrogen-bond donors (Lipinski definition) is 2. The average Bonchev–Trinajstić information content (AvgIpc) is 3.56. The number of nitrogen functional groups attached to an aromatic ring is 1. The van der Waals surface area contributed by atoms with Crippen molar-refractivity contribution in [1.82, 2.24) is 19.5 Å². The van der Waals surface area contributed by atoms with Crippen molar-refractivity contribution in [3.63, 3.8) is 0 Å². The van der Waals surface area contributed by atoms with E-state index < -0.39 is 124 Å². The molecular weight excluding hydrogens is 1330 g/mol. The largest absolute Gasteiger partial charge is 0.518 e. The molecule has 6 atom stereocenters. The van der Waals surface area contributed by atoms with Crippen LogP contribution in [-0.2, 0) is 18.9 Å². The molecule has 2 aromatic heterocycles. The molecule has 0 bridgehead atoms. The first-order valence-electron chi connectivity index (χ1n) is 19.8. The zero-order valence-electron chi connectivity index (χ0n) is 36.0. The van der Waals surface area contributed by atoms with E-state index in [1.165, 1.54) is 6.07 Å². The summed E-state index contributed by atoms with van der Waals surface area (Å²) in [6.45, 7) is 16.4. The number of alkyl halides is 5. The molecule has 2 saturated heterocycles. The molecule has 0 aliphatic carbocycles. The molecule has 4 heterocycles. The molecule has 0 amide bonds. The number of aromatic nitrogens is 4. The van der Waals surface area contributed by atoms with Crippen molar-refractivity contribution in [3.8, 4) is 6.01 Å². The molecule has 3 N–H and O–H groups in total. The van der Waals surface area contributed by atoms with E-state index in [1.807, 2.05) is 42.5 Å². The maximum absolute atomic E-state index is 15.0. The number of anilines is 2. The summed E-state index contributed by atoms with van der Waals surface area (Å²) in [5.74, 6) is -6.00. The first-order valence-corrected chi connectivity index (χ1v) is 35.4. The van der Waals surface area contributed by atoms with Crippen LogP contribution in [0.2, 0.25) is 39.3 Å². The second-order valence-electron chi connectivity index (χ2n) is 16.2. The van der Waals surface area contributed by atoms with Crippen molar-refractivity contribution in [3.05, 3.63) is 95.7 Å². The van der Waals surface area contributed by atoms with Crippen LogP contribution < -0.4 is 27.4 Å². The number of carbonyl (C=O) groups excluding carboxylic acids is 2. The molecule has 0 spiro atoms. The predicted molar refractivity (Wildman–Crippen MR) is 252 cm³/mol. The molecule has 2 aromatic carbocycles. The molecule has 352 valence electrons. The SMILES string of the molecule is C.CC[C@H]1O[C@@H](n2ccc(N)nc2=O)C(F)(F)C1O[C](=O)[BiH][c]1ccccc1.CC[C@H]1O[C@H](Br)C(F)(F)C1O[C](=O)[BiH][c]1ccccc1.C[Si](C)(C)Nc1ccnc(O[Si](C)(C)C)n1. The minimum atomic E-state index is -3.59. The van der Waals surface area contributed by atoms with Gasteiger partial charge in [0.2, 0.25) is 8.32 Å². The fraction of sp³-hybridized carbons (Fsp3) is 0.463. The van der Waals surface area contributed by atoms with E-state index >= 15 is 0 Å². The average molecular weight is 1390 g/mol. The Morgan fingerprint density at radius 3 is 1.78 bits per heavy atom. The Bertz CT molecular complexity index is 2150. The van der Waals surface area contributed by atoms with Gasteiger partial charge in [0.1, 0.15) is 14.1 Å². The predicted octanol–water partition coefficient (Wildman–Crippen LogP) is 7.03. The third-order valence-electron chi connectivity index (χ3n) is 8.62. The number of rotatable bonds is 13. The van der Waals surface area contributed by atoms with Crippen molar-refractivity contribution >= 4 is 104 Å². The van der Waals surface area contributed by atoms with Crippen LogP contribution in [-0.4, -0.2) is 131 Å². The minimum Gasteiger partial charge on any atom is -0.518 e. The molecule has 6 rings (SSSR count). The number of carbonyl (C=O) groups is 2. The molecule has 0 saturated carbocycles. The number of nitrogens with one attached hydrogen (secondary N) is 1. The third-order valence-corrected chi connectivity index (χ3v) is 18.6. The van der Waals surface area contributed by atoms with Crippen LogP contribution in [0.5, 0.6) is 6.01 Å². The van der Waals surface area contributed by atoms with E-state index in [9.17, 15) is 31.9 Å². The Kier molecular flexibility index (Phi) is 20.9. The van der Waals surface area contributed by atoms with Crippen LogP contribution >= 0.6 is 15.9 Å². The van der Waals surface area contributed by atoms with Gasteiger partial charge in [-0.1, -0.05) is 27.1 Å². The van der Waals surface area contributed by atoms with Crippen molar-refractivity contribution < 1.29 is 50.5 Å². The number of nitrogens with two attached hydrogens (primary N) is 1. The van der Waals surface area contributed by atoms with Gasteiger partial charge in [-0.15, -0.1) is 0 Å². The summed E-state index contributed by atoms with van der Waals surface area (Å²) < 4.78 is 85.6. The van der Waals surface area contributed by atoms with Crippen LogP contribution in [0.25, 0.3) is 0 Å². The number of halogens is 5. The maximum atomic E-state index is 15.0. The smallest absolute Gasteiger partial charge is 0.304 e. The van der Waals surface area contributed by atoms with Crippen molar-refractivity contribution in [2.75, 3.05) is 10.7 Å². The molecule has 2 aliphatic heterocycles.